The number of amides is 2. The number of rotatable bonds is 9. The van der Waals surface area contributed by atoms with Gasteiger partial charge in [-0.05, 0) is 42.7 Å². The highest BCUT2D eigenvalue weighted by Crippen LogP contribution is 2.21. The van der Waals surface area contributed by atoms with Crippen LogP contribution in [0.2, 0.25) is 0 Å². The van der Waals surface area contributed by atoms with Crippen molar-refractivity contribution in [1.29, 1.82) is 0 Å². The van der Waals surface area contributed by atoms with E-state index in [1.54, 1.807) is 6.92 Å². The van der Waals surface area contributed by atoms with Gasteiger partial charge in [-0.25, -0.2) is 0 Å². The number of hydrogen-bond acceptors (Lipinski definition) is 4. The average molecular weight is 383 g/mol. The first-order valence-corrected chi connectivity index (χ1v) is 9.54. The molecule has 2 rings (SSSR count). The second kappa shape index (κ2) is 10.3. The van der Waals surface area contributed by atoms with E-state index in [0.29, 0.717) is 24.6 Å². The van der Waals surface area contributed by atoms with Gasteiger partial charge in [0.15, 0.2) is 0 Å². The van der Waals surface area contributed by atoms with E-state index in [1.165, 1.54) is 0 Å². The molecule has 0 fully saturated rings. The predicted molar refractivity (Wildman–Crippen MR) is 114 cm³/mol. The normalized spacial score (nSPS) is 10.5. The minimum Gasteiger partial charge on any atom is -0.493 e. The summed E-state index contributed by atoms with van der Waals surface area (Å²) in [5.74, 6) is 0.955. The molecule has 2 aromatic rings. The largest absolute Gasteiger partial charge is 0.493 e. The molecule has 3 N–H and O–H groups in total. The Bertz CT molecular complexity index is 818. The Morgan fingerprint density at radius 1 is 1.00 bits per heavy atom. The molecule has 0 atom stereocenters. The van der Waals surface area contributed by atoms with Crippen molar-refractivity contribution in [3.05, 3.63) is 48.0 Å². The van der Waals surface area contributed by atoms with E-state index < -0.39 is 0 Å². The lowest BCUT2D eigenvalue weighted by Crippen LogP contribution is -2.22. The van der Waals surface area contributed by atoms with Crippen molar-refractivity contribution in [2.75, 3.05) is 29.1 Å². The lowest BCUT2D eigenvalue weighted by molar-refractivity contribution is -0.116. The van der Waals surface area contributed by atoms with Crippen molar-refractivity contribution in [2.24, 2.45) is 5.92 Å². The molecule has 0 heterocycles. The van der Waals surface area contributed by atoms with Gasteiger partial charge < -0.3 is 20.7 Å². The highest BCUT2D eigenvalue weighted by Gasteiger charge is 2.07. The first-order chi connectivity index (χ1) is 13.4. The van der Waals surface area contributed by atoms with Crippen LogP contribution in [0.4, 0.5) is 17.1 Å². The van der Waals surface area contributed by atoms with E-state index in [-0.39, 0.29) is 18.4 Å². The molecular formula is C22H29N3O3. The number of anilines is 3. The van der Waals surface area contributed by atoms with E-state index in [9.17, 15) is 9.59 Å². The molecule has 0 unspecified atom stereocenters. The van der Waals surface area contributed by atoms with Gasteiger partial charge in [0.2, 0.25) is 11.8 Å². The van der Waals surface area contributed by atoms with Crippen LogP contribution in [-0.2, 0) is 9.59 Å². The summed E-state index contributed by atoms with van der Waals surface area (Å²) in [5.41, 5.74) is 3.16. The number of carbonyl (C=O) groups is 2. The molecule has 0 aliphatic rings. The van der Waals surface area contributed by atoms with Gasteiger partial charge in [-0.2, -0.15) is 0 Å². The van der Waals surface area contributed by atoms with E-state index in [0.717, 1.165) is 22.7 Å². The summed E-state index contributed by atoms with van der Waals surface area (Å²) in [7, 11) is 0. The number of hydrogen-bond donors (Lipinski definition) is 3. The van der Waals surface area contributed by atoms with Gasteiger partial charge >= 0.3 is 0 Å². The van der Waals surface area contributed by atoms with Crippen LogP contribution in [0.1, 0.15) is 32.8 Å². The molecule has 0 saturated carbocycles. The summed E-state index contributed by atoms with van der Waals surface area (Å²) < 4.78 is 5.68. The third kappa shape index (κ3) is 6.95. The molecule has 0 saturated heterocycles. The van der Waals surface area contributed by atoms with E-state index in [4.69, 9.17) is 4.74 Å². The van der Waals surface area contributed by atoms with E-state index in [2.05, 4.69) is 29.8 Å². The van der Waals surface area contributed by atoms with Crippen molar-refractivity contribution in [2.45, 2.75) is 34.1 Å². The summed E-state index contributed by atoms with van der Waals surface area (Å²) in [5, 5.41) is 8.80. The number of benzene rings is 2. The lowest BCUT2D eigenvalue weighted by atomic mass is 10.1. The number of ether oxygens (including phenoxy) is 1. The molecule has 0 spiro atoms. The van der Waals surface area contributed by atoms with Gasteiger partial charge in [0, 0.05) is 29.5 Å². The minimum absolute atomic E-state index is 0.0439. The summed E-state index contributed by atoms with van der Waals surface area (Å²) in [4.78, 5) is 23.9. The Hall–Kier alpha value is -3.02. The van der Waals surface area contributed by atoms with E-state index in [1.807, 2.05) is 49.4 Å². The van der Waals surface area contributed by atoms with E-state index >= 15 is 0 Å². The zero-order chi connectivity index (χ0) is 20.5. The first kappa shape index (κ1) is 21.3. The fourth-order valence-corrected chi connectivity index (χ4v) is 2.42. The summed E-state index contributed by atoms with van der Waals surface area (Å²) in [6.07, 6.45) is 0.416. The van der Waals surface area contributed by atoms with Gasteiger partial charge in [-0.15, -0.1) is 0 Å². The van der Waals surface area contributed by atoms with Crippen LogP contribution in [0, 0.1) is 12.8 Å². The molecule has 0 radical (unpaired) electrons. The van der Waals surface area contributed by atoms with Crippen LogP contribution in [0.5, 0.6) is 5.75 Å². The first-order valence-electron chi connectivity index (χ1n) is 9.54. The number of nitrogens with one attached hydrogen (secondary N) is 3. The quantitative estimate of drug-likeness (QED) is 0.598. The molecule has 6 nitrogen and oxygen atoms in total. The Morgan fingerprint density at radius 3 is 2.50 bits per heavy atom. The lowest BCUT2D eigenvalue weighted by Gasteiger charge is -2.13. The molecule has 0 aromatic heterocycles. The third-order valence-corrected chi connectivity index (χ3v) is 3.99. The van der Waals surface area contributed by atoms with Crippen molar-refractivity contribution < 1.29 is 14.3 Å². The van der Waals surface area contributed by atoms with Gasteiger partial charge in [-0.1, -0.05) is 32.9 Å². The van der Waals surface area contributed by atoms with Gasteiger partial charge in [0.05, 0.1) is 13.2 Å². The highest BCUT2D eigenvalue weighted by atomic mass is 16.5. The molecule has 150 valence electrons. The average Bonchev–Trinajstić information content (AvgIpc) is 2.67. The molecular weight excluding hydrogens is 354 g/mol. The summed E-state index contributed by atoms with van der Waals surface area (Å²) >= 11 is 0. The fourth-order valence-electron chi connectivity index (χ4n) is 2.42. The zero-order valence-electron chi connectivity index (χ0n) is 17.0. The molecule has 6 heteroatoms. The topological polar surface area (TPSA) is 79.5 Å². The molecule has 0 aliphatic heterocycles. The summed E-state index contributed by atoms with van der Waals surface area (Å²) in [6, 6.07) is 13.0. The van der Waals surface area contributed by atoms with Crippen LogP contribution < -0.4 is 20.7 Å². The summed E-state index contributed by atoms with van der Waals surface area (Å²) in [6.45, 7) is 8.64. The third-order valence-electron chi connectivity index (χ3n) is 3.99. The molecule has 2 amide bonds. The van der Waals surface area contributed by atoms with Crippen molar-refractivity contribution in [3.8, 4) is 5.75 Å². The Balaban J connectivity index is 1.91. The van der Waals surface area contributed by atoms with Crippen LogP contribution in [0.25, 0.3) is 0 Å². The van der Waals surface area contributed by atoms with Crippen LogP contribution in [-0.4, -0.2) is 25.0 Å². The van der Waals surface area contributed by atoms with Gasteiger partial charge in [0.25, 0.3) is 0 Å². The fraction of sp³-hybridized carbons (Fsp3) is 0.364. The second-order valence-electron chi connectivity index (χ2n) is 7.07. The van der Waals surface area contributed by atoms with Crippen molar-refractivity contribution >= 4 is 28.9 Å². The van der Waals surface area contributed by atoms with Crippen LogP contribution >= 0.6 is 0 Å². The molecule has 0 aliphatic carbocycles. The molecule has 28 heavy (non-hydrogen) atoms. The zero-order valence-corrected chi connectivity index (χ0v) is 17.0. The number of carbonyl (C=O) groups excluding carboxylic acids is 2. The van der Waals surface area contributed by atoms with Crippen molar-refractivity contribution in [3.63, 3.8) is 0 Å². The minimum atomic E-state index is -0.166. The Kier molecular flexibility index (Phi) is 7.87. The maximum atomic E-state index is 12.3. The van der Waals surface area contributed by atoms with Crippen molar-refractivity contribution in [1.82, 2.24) is 0 Å². The number of aryl methyl sites for hydroxylation is 1. The van der Waals surface area contributed by atoms with Gasteiger partial charge in [0.1, 0.15) is 5.75 Å². The smallest absolute Gasteiger partial charge is 0.243 e. The standard InChI is InChI=1S/C22H29N3O3/c1-5-21(26)25-20-12-17(10-9-16(20)4)23-13-22(27)24-18-7-6-8-19(11-18)28-14-15(2)3/h6-12,15,23H,5,13-14H2,1-4H3,(H,24,27)(H,25,26). The molecule has 2 aromatic carbocycles. The Labute approximate surface area is 166 Å². The second-order valence-corrected chi connectivity index (χ2v) is 7.07. The highest BCUT2D eigenvalue weighted by molar-refractivity contribution is 5.94. The predicted octanol–water partition coefficient (Wildman–Crippen LogP) is 4.43. The Morgan fingerprint density at radius 2 is 1.79 bits per heavy atom. The SMILES string of the molecule is CCC(=O)Nc1cc(NCC(=O)Nc2cccc(OCC(C)C)c2)ccc1C. The van der Waals surface area contributed by atoms with Gasteiger partial charge in [-0.3, -0.25) is 9.59 Å². The maximum Gasteiger partial charge on any atom is 0.243 e. The monoisotopic (exact) mass is 383 g/mol. The maximum absolute atomic E-state index is 12.3. The van der Waals surface area contributed by atoms with Crippen LogP contribution in [0.15, 0.2) is 42.5 Å². The van der Waals surface area contributed by atoms with Crippen LogP contribution in [0.3, 0.4) is 0 Å². The molecule has 0 bridgehead atoms.